The lowest BCUT2D eigenvalue weighted by Gasteiger charge is -2.26. The number of carbonyl (C=O) groups is 1. The van der Waals surface area contributed by atoms with E-state index in [9.17, 15) is 24.3 Å². The normalized spacial score (nSPS) is 12.7. The predicted molar refractivity (Wildman–Crippen MR) is 120 cm³/mol. The van der Waals surface area contributed by atoms with Gasteiger partial charge in [0.25, 0.3) is 11.5 Å². The van der Waals surface area contributed by atoms with Crippen LogP contribution in [-0.4, -0.2) is 35.5 Å². The van der Waals surface area contributed by atoms with E-state index in [1.165, 1.54) is 30.4 Å². The van der Waals surface area contributed by atoms with E-state index < -0.39 is 40.7 Å². The average Bonchev–Trinajstić information content (AvgIpc) is 3.47. The number of aromatic hydroxyl groups is 1. The number of halogens is 1. The molecular formula is C23H20FN7O4. The Balaban J connectivity index is 1.88. The first kappa shape index (κ1) is 23.4. The number of carbonyl (C=O) groups excluding carboxylic acids is 1. The molecule has 0 saturated carbocycles. The van der Waals surface area contributed by atoms with E-state index >= 15 is 0 Å². The molecule has 1 aromatic carbocycles. The molecule has 2 atom stereocenters. The van der Waals surface area contributed by atoms with E-state index in [2.05, 4.69) is 31.1 Å². The number of nitrogens with zero attached hydrogens (tertiary/aromatic N) is 6. The van der Waals surface area contributed by atoms with Crippen molar-refractivity contribution >= 4 is 11.6 Å². The molecule has 0 aliphatic carbocycles. The number of anilines is 1. The summed E-state index contributed by atoms with van der Waals surface area (Å²) < 4.78 is 22.0. The largest absolute Gasteiger partial charge is 0.501 e. The van der Waals surface area contributed by atoms with Crippen LogP contribution in [0.5, 0.6) is 5.75 Å². The van der Waals surface area contributed by atoms with E-state index in [1.54, 1.807) is 38.2 Å². The van der Waals surface area contributed by atoms with E-state index in [0.717, 1.165) is 4.57 Å². The molecule has 0 aliphatic heterocycles. The maximum Gasteiger partial charge on any atom is 0.296 e. The summed E-state index contributed by atoms with van der Waals surface area (Å²) in [5.74, 6) is -3.90. The number of hydrogen-bond donors (Lipinski definition) is 2. The van der Waals surface area contributed by atoms with Gasteiger partial charge >= 0.3 is 0 Å². The first-order valence-electron chi connectivity index (χ1n) is 10.4. The van der Waals surface area contributed by atoms with Gasteiger partial charge in [-0.15, -0.1) is 5.10 Å². The van der Waals surface area contributed by atoms with Crippen LogP contribution in [0.3, 0.4) is 0 Å². The Bertz CT molecular complexity index is 1500. The van der Waals surface area contributed by atoms with Crippen LogP contribution in [0, 0.1) is 17.3 Å². The van der Waals surface area contributed by atoms with Crippen molar-refractivity contribution < 1.29 is 18.8 Å². The second kappa shape index (κ2) is 9.22. The summed E-state index contributed by atoms with van der Waals surface area (Å²) in [6.45, 7) is 1.69. The quantitative estimate of drug-likeness (QED) is 0.429. The van der Waals surface area contributed by atoms with Gasteiger partial charge in [0.15, 0.2) is 5.69 Å². The molecule has 0 bridgehead atoms. The zero-order chi connectivity index (χ0) is 25.3. The highest BCUT2D eigenvalue weighted by atomic mass is 19.1. The van der Waals surface area contributed by atoms with E-state index in [4.69, 9.17) is 0 Å². The predicted octanol–water partition coefficient (Wildman–Crippen LogP) is 2.41. The van der Waals surface area contributed by atoms with Crippen molar-refractivity contribution in [3.63, 3.8) is 0 Å². The molecule has 4 rings (SSSR count). The second-order valence-corrected chi connectivity index (χ2v) is 7.91. The number of nitrogens with one attached hydrogen (secondary N) is 1. The minimum atomic E-state index is -0.865. The molecule has 2 N–H and O–H groups in total. The Kier molecular flexibility index (Phi) is 6.16. The van der Waals surface area contributed by atoms with Crippen LogP contribution in [0.1, 0.15) is 51.8 Å². The van der Waals surface area contributed by atoms with Crippen molar-refractivity contribution in [1.29, 1.82) is 5.26 Å². The van der Waals surface area contributed by atoms with Gasteiger partial charge in [-0.3, -0.25) is 18.8 Å². The number of amides is 1. The van der Waals surface area contributed by atoms with Crippen LogP contribution in [0.25, 0.3) is 0 Å². The van der Waals surface area contributed by atoms with Gasteiger partial charge in [-0.05, 0) is 11.6 Å². The lowest BCUT2D eigenvalue weighted by molar-refractivity contribution is 0.101. The van der Waals surface area contributed by atoms with Gasteiger partial charge in [0.1, 0.15) is 17.8 Å². The highest BCUT2D eigenvalue weighted by Gasteiger charge is 2.33. The van der Waals surface area contributed by atoms with Crippen molar-refractivity contribution in [3.8, 4) is 11.8 Å². The van der Waals surface area contributed by atoms with Gasteiger partial charge in [0.2, 0.25) is 11.7 Å². The number of nitriles is 1. The lowest BCUT2D eigenvalue weighted by atomic mass is 9.80. The minimum Gasteiger partial charge on any atom is -0.501 e. The summed E-state index contributed by atoms with van der Waals surface area (Å²) in [5.41, 5.74) is -0.203. The molecule has 4 aromatic rings. The highest BCUT2D eigenvalue weighted by Crippen LogP contribution is 2.40. The van der Waals surface area contributed by atoms with Gasteiger partial charge in [-0.25, -0.2) is 4.98 Å². The molecule has 0 aliphatic rings. The standard InChI is InChI=1S/C23H20FN7O4/c1-12(17(16-10-30(2)29-20(16)24)15-7-5-4-6-13(15)8-25)21-28-18(19(32)23(34)31(21)3)22(33)27-14-9-26-35-11-14/h4-7,9-12,17,32H,1-3H3,(H,27,33)/t12-,17-/m0/s1. The summed E-state index contributed by atoms with van der Waals surface area (Å²) in [7, 11) is 2.95. The second-order valence-electron chi connectivity index (χ2n) is 7.91. The Morgan fingerprint density at radius 2 is 2.03 bits per heavy atom. The van der Waals surface area contributed by atoms with Gasteiger partial charge in [-0.2, -0.15) is 9.65 Å². The topological polar surface area (TPSA) is 152 Å². The molecular weight excluding hydrogens is 457 g/mol. The molecule has 12 heteroatoms. The fraction of sp³-hybridized carbons (Fsp3) is 0.217. The van der Waals surface area contributed by atoms with E-state index in [1.807, 2.05) is 0 Å². The average molecular weight is 477 g/mol. The third kappa shape index (κ3) is 4.26. The summed E-state index contributed by atoms with van der Waals surface area (Å²) in [5, 5.41) is 29.8. The third-order valence-corrected chi connectivity index (χ3v) is 5.68. The summed E-state index contributed by atoms with van der Waals surface area (Å²) in [6, 6.07) is 8.80. The molecule has 0 unspecified atom stereocenters. The Labute approximate surface area is 198 Å². The fourth-order valence-corrected chi connectivity index (χ4v) is 4.04. The number of aryl methyl sites for hydroxylation is 1. The van der Waals surface area contributed by atoms with Crippen molar-refractivity contribution in [2.75, 3.05) is 5.32 Å². The third-order valence-electron chi connectivity index (χ3n) is 5.68. The maximum atomic E-state index is 14.9. The van der Waals surface area contributed by atoms with Crippen molar-refractivity contribution in [1.82, 2.24) is 24.5 Å². The van der Waals surface area contributed by atoms with Gasteiger partial charge < -0.3 is 14.9 Å². The molecule has 3 heterocycles. The Morgan fingerprint density at radius 1 is 1.29 bits per heavy atom. The van der Waals surface area contributed by atoms with Crippen LogP contribution in [0.15, 0.2) is 52.2 Å². The molecule has 35 heavy (non-hydrogen) atoms. The summed E-state index contributed by atoms with van der Waals surface area (Å²) in [6.07, 6.45) is 3.89. The van der Waals surface area contributed by atoms with Gasteiger partial charge in [0.05, 0.1) is 17.8 Å². The van der Waals surface area contributed by atoms with E-state index in [0.29, 0.717) is 11.1 Å². The number of rotatable bonds is 6. The number of aromatic nitrogens is 5. The van der Waals surface area contributed by atoms with Crippen LogP contribution in [0.4, 0.5) is 10.1 Å². The first-order chi connectivity index (χ1) is 16.7. The molecule has 3 aromatic heterocycles. The summed E-state index contributed by atoms with van der Waals surface area (Å²) >= 11 is 0. The Morgan fingerprint density at radius 3 is 2.66 bits per heavy atom. The monoisotopic (exact) mass is 477 g/mol. The smallest absolute Gasteiger partial charge is 0.296 e. The van der Waals surface area contributed by atoms with Crippen molar-refractivity contribution in [2.24, 2.45) is 14.1 Å². The van der Waals surface area contributed by atoms with Crippen LogP contribution in [-0.2, 0) is 14.1 Å². The molecule has 11 nitrogen and oxygen atoms in total. The summed E-state index contributed by atoms with van der Waals surface area (Å²) in [4.78, 5) is 29.9. The zero-order valence-corrected chi connectivity index (χ0v) is 18.9. The SMILES string of the molecule is C[C@H](c1nc(C(=O)Nc2cnoc2)c(O)c(=O)n1C)[C@@H](c1ccccc1C#N)c1cn(C)nc1F. The van der Waals surface area contributed by atoms with Crippen LogP contribution < -0.4 is 10.9 Å². The van der Waals surface area contributed by atoms with Crippen molar-refractivity contribution in [2.45, 2.75) is 18.8 Å². The lowest BCUT2D eigenvalue weighted by Crippen LogP contribution is -2.29. The Hall–Kier alpha value is -4.79. The molecule has 0 spiro atoms. The maximum absolute atomic E-state index is 14.9. The van der Waals surface area contributed by atoms with E-state index in [-0.39, 0.29) is 17.1 Å². The van der Waals surface area contributed by atoms with Crippen LogP contribution >= 0.6 is 0 Å². The van der Waals surface area contributed by atoms with Crippen LogP contribution in [0.2, 0.25) is 0 Å². The zero-order valence-electron chi connectivity index (χ0n) is 18.9. The molecule has 0 radical (unpaired) electrons. The molecule has 178 valence electrons. The first-order valence-corrected chi connectivity index (χ1v) is 10.4. The molecule has 1 amide bonds. The molecule has 0 fully saturated rings. The highest BCUT2D eigenvalue weighted by molar-refractivity contribution is 6.04. The number of benzene rings is 1. The minimum absolute atomic E-state index is 0.0873. The van der Waals surface area contributed by atoms with Gasteiger partial charge in [-0.1, -0.05) is 30.3 Å². The van der Waals surface area contributed by atoms with Crippen molar-refractivity contribution in [3.05, 3.63) is 87.4 Å². The van der Waals surface area contributed by atoms with Gasteiger partial charge in [0, 0.05) is 37.7 Å². The number of hydrogen-bond acceptors (Lipinski definition) is 8. The fourth-order valence-electron chi connectivity index (χ4n) is 4.04. The molecule has 0 saturated heterocycles.